The van der Waals surface area contributed by atoms with Gasteiger partial charge in [-0.25, -0.2) is 4.79 Å². The van der Waals surface area contributed by atoms with Crippen LogP contribution in [0.3, 0.4) is 0 Å². The van der Waals surface area contributed by atoms with Crippen LogP contribution in [0.1, 0.15) is 27.7 Å². The molecule has 0 aromatic heterocycles. The summed E-state index contributed by atoms with van der Waals surface area (Å²) in [5.74, 6) is -5.85. The van der Waals surface area contributed by atoms with Gasteiger partial charge in [0.1, 0.15) is 6.61 Å². The monoisotopic (exact) mass is 456 g/mol. The van der Waals surface area contributed by atoms with E-state index in [-0.39, 0.29) is 0 Å². The zero-order valence-electron chi connectivity index (χ0n) is 18.0. The molecule has 1 aliphatic heterocycles. The number of ether oxygens (including phenoxy) is 3. The molecule has 0 fully saturated rings. The van der Waals surface area contributed by atoms with Gasteiger partial charge in [0.05, 0.1) is 19.2 Å². The average Bonchev–Trinajstić information content (AvgIpc) is 2.71. The molecule has 32 heavy (non-hydrogen) atoms. The maximum atomic E-state index is 12.7. The molecular weight excluding hydrogens is 432 g/mol. The number of nitrogens with zero attached hydrogens (tertiary/aromatic N) is 3. The summed E-state index contributed by atoms with van der Waals surface area (Å²) in [6.45, 7) is 2.47. The molecule has 176 valence electrons. The summed E-state index contributed by atoms with van der Waals surface area (Å²) < 4.78 is 14.7. The lowest BCUT2D eigenvalue weighted by Gasteiger charge is -2.48. The van der Waals surface area contributed by atoms with Gasteiger partial charge in [0, 0.05) is 18.8 Å². The Kier molecular flexibility index (Phi) is 8.48. The highest BCUT2D eigenvalue weighted by atomic mass is 16.6. The van der Waals surface area contributed by atoms with Crippen LogP contribution in [0, 0.1) is 0 Å². The first kappa shape index (κ1) is 26.6. The summed E-state index contributed by atoms with van der Waals surface area (Å²) in [5.41, 5.74) is 2.64. The summed E-state index contributed by atoms with van der Waals surface area (Å²) in [6.07, 6.45) is -1.09. The van der Waals surface area contributed by atoms with E-state index in [2.05, 4.69) is 24.8 Å². The van der Waals surface area contributed by atoms with E-state index < -0.39 is 71.2 Å². The number of nitrogens with one attached hydrogen (secondary N) is 1. The molecule has 0 aliphatic carbocycles. The zero-order chi connectivity index (χ0) is 24.9. The molecule has 1 amide bonds. The van der Waals surface area contributed by atoms with Gasteiger partial charge in [-0.3, -0.25) is 19.2 Å². The Balaban J connectivity index is 3.84. The van der Waals surface area contributed by atoms with Crippen molar-refractivity contribution in [3.05, 3.63) is 22.3 Å². The predicted molar refractivity (Wildman–Crippen MR) is 103 cm³/mol. The highest BCUT2D eigenvalue weighted by Gasteiger charge is 2.66. The van der Waals surface area contributed by atoms with Gasteiger partial charge in [-0.1, -0.05) is 5.11 Å². The van der Waals surface area contributed by atoms with Crippen LogP contribution >= 0.6 is 0 Å². The summed E-state index contributed by atoms with van der Waals surface area (Å²) in [7, 11) is 0.994. The summed E-state index contributed by atoms with van der Waals surface area (Å²) in [5, 5.41) is 28.3. The minimum absolute atomic E-state index is 0.630. The van der Waals surface area contributed by atoms with Crippen molar-refractivity contribution in [1.29, 1.82) is 0 Å². The van der Waals surface area contributed by atoms with Crippen LogP contribution in [0.5, 0.6) is 0 Å². The summed E-state index contributed by atoms with van der Waals surface area (Å²) in [4.78, 5) is 62.8. The first-order valence-corrected chi connectivity index (χ1v) is 9.14. The van der Waals surface area contributed by atoms with Crippen molar-refractivity contribution in [2.45, 2.75) is 57.1 Å². The van der Waals surface area contributed by atoms with E-state index in [1.807, 2.05) is 0 Å². The molecule has 0 bridgehead atoms. The number of Topliss-reactive ketones (excluding diaryl/α,β-unsaturated/α-hetero) is 2. The minimum atomic E-state index is -3.20. The molecule has 0 unspecified atom stereocenters. The highest BCUT2D eigenvalue weighted by molar-refractivity contribution is 5.98. The van der Waals surface area contributed by atoms with Crippen molar-refractivity contribution in [3.63, 3.8) is 0 Å². The Morgan fingerprint density at radius 3 is 2.19 bits per heavy atom. The van der Waals surface area contributed by atoms with Crippen LogP contribution in [0.2, 0.25) is 0 Å². The largest absolute Gasteiger partial charge is 0.477 e. The van der Waals surface area contributed by atoms with Crippen molar-refractivity contribution in [1.82, 2.24) is 5.32 Å². The number of esters is 2. The SMILES string of the molecule is COC(=O)C1=C[C@H](N=[N+]=[N-])[C@@H](NC(C)=O)[C@H]([C@@](O)(C(C)=O)[C@](O)(COC(C)=O)C(C)=O)O1. The first-order valence-electron chi connectivity index (χ1n) is 9.14. The fraction of sp³-hybridized carbons (Fsp3) is 0.611. The van der Waals surface area contributed by atoms with Crippen molar-refractivity contribution in [2.24, 2.45) is 5.11 Å². The molecular formula is C18H24N4O10. The Morgan fingerprint density at radius 2 is 1.78 bits per heavy atom. The van der Waals surface area contributed by atoms with E-state index in [1.165, 1.54) is 0 Å². The fourth-order valence-electron chi connectivity index (χ4n) is 3.22. The van der Waals surface area contributed by atoms with E-state index in [1.54, 1.807) is 0 Å². The number of aliphatic hydroxyl groups is 2. The van der Waals surface area contributed by atoms with Crippen LogP contribution in [-0.2, 0) is 38.2 Å². The maximum Gasteiger partial charge on any atom is 0.372 e. The quantitative estimate of drug-likeness (QED) is 0.163. The van der Waals surface area contributed by atoms with E-state index in [9.17, 15) is 34.2 Å². The van der Waals surface area contributed by atoms with Gasteiger partial charge in [-0.2, -0.15) is 0 Å². The number of methoxy groups -OCH3 is 1. The topological polar surface area (TPSA) is 214 Å². The van der Waals surface area contributed by atoms with Gasteiger partial charge in [-0.05, 0) is 25.5 Å². The number of azide groups is 1. The van der Waals surface area contributed by atoms with Crippen LogP contribution < -0.4 is 5.32 Å². The van der Waals surface area contributed by atoms with Crippen LogP contribution in [0.15, 0.2) is 16.9 Å². The number of hydrogen-bond acceptors (Lipinski definition) is 11. The third-order valence-electron chi connectivity index (χ3n) is 4.86. The third-order valence-corrected chi connectivity index (χ3v) is 4.86. The molecule has 5 atom stereocenters. The van der Waals surface area contributed by atoms with Crippen molar-refractivity contribution in [2.75, 3.05) is 13.7 Å². The van der Waals surface area contributed by atoms with Crippen molar-refractivity contribution < 1.29 is 48.4 Å². The number of carbonyl (C=O) groups excluding carboxylic acids is 5. The van der Waals surface area contributed by atoms with Gasteiger partial charge in [0.25, 0.3) is 0 Å². The second-order valence-electron chi connectivity index (χ2n) is 7.00. The summed E-state index contributed by atoms with van der Waals surface area (Å²) in [6, 6.07) is -2.97. The fourth-order valence-corrected chi connectivity index (χ4v) is 3.22. The molecule has 1 heterocycles. The molecule has 0 aromatic rings. The van der Waals surface area contributed by atoms with Gasteiger partial charge in [0.2, 0.25) is 17.3 Å². The maximum absolute atomic E-state index is 12.7. The van der Waals surface area contributed by atoms with E-state index in [4.69, 9.17) is 10.3 Å². The normalized spacial score (nSPS) is 23.6. The number of rotatable bonds is 9. The number of carbonyl (C=O) groups is 5. The number of amides is 1. The molecule has 3 N–H and O–H groups in total. The minimum Gasteiger partial charge on any atom is -0.477 e. The van der Waals surface area contributed by atoms with Gasteiger partial charge in [0.15, 0.2) is 23.3 Å². The van der Waals surface area contributed by atoms with Crippen molar-refractivity contribution >= 4 is 29.4 Å². The molecule has 0 spiro atoms. The van der Waals surface area contributed by atoms with Crippen LogP contribution in [0.25, 0.3) is 10.4 Å². The van der Waals surface area contributed by atoms with Crippen LogP contribution in [-0.4, -0.2) is 82.7 Å². The molecule has 14 heteroatoms. The Labute approximate surface area is 182 Å². The zero-order valence-corrected chi connectivity index (χ0v) is 18.0. The van der Waals surface area contributed by atoms with Gasteiger partial charge in [-0.15, -0.1) is 0 Å². The Hall–Kier alpha value is -3.48. The van der Waals surface area contributed by atoms with Crippen molar-refractivity contribution in [3.8, 4) is 0 Å². The molecule has 14 nitrogen and oxygen atoms in total. The molecule has 1 aliphatic rings. The number of ketones is 2. The van der Waals surface area contributed by atoms with Gasteiger partial charge < -0.3 is 29.7 Å². The summed E-state index contributed by atoms with van der Waals surface area (Å²) >= 11 is 0. The lowest BCUT2D eigenvalue weighted by Crippen LogP contribution is -2.75. The smallest absolute Gasteiger partial charge is 0.372 e. The van der Waals surface area contributed by atoms with E-state index >= 15 is 0 Å². The first-order chi connectivity index (χ1) is 14.8. The second kappa shape index (κ2) is 10.2. The lowest BCUT2D eigenvalue weighted by molar-refractivity contribution is -0.223. The molecule has 0 saturated heterocycles. The van der Waals surface area contributed by atoms with E-state index in [0.29, 0.717) is 0 Å². The number of hydrogen-bond donors (Lipinski definition) is 3. The second-order valence-corrected chi connectivity index (χ2v) is 7.00. The van der Waals surface area contributed by atoms with Gasteiger partial charge >= 0.3 is 11.9 Å². The third kappa shape index (κ3) is 5.04. The molecule has 1 rings (SSSR count). The Bertz CT molecular complexity index is 896. The molecule has 0 aromatic carbocycles. The molecule has 0 radical (unpaired) electrons. The van der Waals surface area contributed by atoms with Crippen LogP contribution in [0.4, 0.5) is 0 Å². The average molecular weight is 456 g/mol. The Morgan fingerprint density at radius 1 is 1.19 bits per heavy atom. The standard InChI is InChI=1S/C18H24N4O10/c1-8(23)17(28,7-31-11(4)26)18(29,9(2)24)15-14(20-10(3)25)12(21-22-19)6-13(32-15)16(27)30-5/h6,12,14-15,28-29H,7H2,1-5H3,(H,20,25)/t12-,14+,15+,17-,18-/m0/s1. The van der Waals surface area contributed by atoms with E-state index in [0.717, 1.165) is 40.9 Å². The lowest BCUT2D eigenvalue weighted by atomic mass is 9.70. The predicted octanol–water partition coefficient (Wildman–Crippen LogP) is -1.17. The molecule has 0 saturated carbocycles. The highest BCUT2D eigenvalue weighted by Crippen LogP contribution is 2.37.